The monoisotopic (exact) mass is 1900 g/mol. The third kappa shape index (κ3) is 29.0. The summed E-state index contributed by atoms with van der Waals surface area (Å²) in [5, 5.41) is 76.2. The number of para-hydroxylation sites is 1. The summed E-state index contributed by atoms with van der Waals surface area (Å²) in [5.41, 5.74) is 12.6. The number of aliphatic hydroxyl groups excluding tert-OH is 2. The standard InChI is InChI=1S/C91H112F3N17O23S/c1-7-8-23-67-90(133)111-44-55(114)38-70(111)86(129)103-63(40-76(120)121)83(126)106-78(47(2)3)91(134)108(5)68(34-48-17-11-9-12-18-48)84(127)104-65(39-72(95)115)88(131)110-43-54(113)37-69(110)85(128)102-62(36-52-41-97-59-22-16-15-21-56(52)59)82(125)101-61(32-50-24-26-53(112)27-25-50)81(124)100-60(28-29-75(118)119)80(123)105-66(79(122)98-42-73(96)116)45-135-46-74(117)99-64(33-51-30-57(92)77(94)58(93)31-51)87(130)109(6)71(89(132)107(67)4)35-49-19-13-10-14-20-49/h9-22,24-27,30-31,41,47,54-55,60-71,78,97,112-114H,7-8,23,28-29,32-40,42-46H2,1-6H3,(H2,95,115)(H2,96,116)(H,98,122)(H,99,117)(H,100,124)(H,101,125)(H,102,128)(H,103,129)(H,104,127)(H,105,123)(H,106,126)(H,118,119)(H,120,121)/t54-,55-,60+,61+,62+,63+,64+,65+,66+,67+,68+,69-,70-,71+,78+/m1/s1. The first-order valence-electron chi connectivity index (χ1n) is 43.6. The number of nitrogens with two attached hydrogens (primary N) is 2. The van der Waals surface area contributed by atoms with Gasteiger partial charge in [-0.2, -0.15) is 0 Å². The molecule has 3 aliphatic rings. The smallest absolute Gasteiger partial charge is 0.305 e. The highest BCUT2D eigenvalue weighted by Crippen LogP contribution is 2.29. The minimum atomic E-state index is -2.09. The number of amides is 16. The Morgan fingerprint density at radius 3 is 1.57 bits per heavy atom. The molecule has 16 amide bonds. The number of nitrogens with zero attached hydrogens (tertiary/aromatic N) is 5. The van der Waals surface area contributed by atoms with Gasteiger partial charge in [-0.15, -0.1) is 11.8 Å². The molecular weight excluding hydrogens is 1790 g/mol. The number of aromatic amines is 1. The number of unbranched alkanes of at least 4 members (excludes halogenated alkanes) is 1. The fourth-order valence-corrected chi connectivity index (χ4v) is 17.0. The quantitative estimate of drug-likeness (QED) is 0.0307. The number of aromatic hydroxyl groups is 1. The number of likely N-dealkylation sites (N-methyl/N-ethyl adjacent to an activating group) is 3. The van der Waals surface area contributed by atoms with Crippen LogP contribution in [0.25, 0.3) is 10.9 Å². The number of hydrogen-bond donors (Lipinski definition) is 17. The second-order valence-electron chi connectivity index (χ2n) is 33.8. The third-order valence-corrected chi connectivity index (χ3v) is 24.4. The zero-order valence-corrected chi connectivity index (χ0v) is 75.6. The van der Waals surface area contributed by atoms with Crippen LogP contribution in [0.4, 0.5) is 13.2 Å². The second kappa shape index (κ2) is 48.6. The van der Waals surface area contributed by atoms with E-state index in [-0.39, 0.29) is 37.0 Å². The van der Waals surface area contributed by atoms with Crippen molar-refractivity contribution in [2.75, 3.05) is 52.3 Å². The average molecular weight is 1900 g/mol. The summed E-state index contributed by atoms with van der Waals surface area (Å²) in [5.74, 6) is -29.7. The first-order chi connectivity index (χ1) is 64.0. The van der Waals surface area contributed by atoms with Crippen LogP contribution in [-0.2, 0) is 118 Å². The van der Waals surface area contributed by atoms with Crippen molar-refractivity contribution in [1.82, 2.24) is 77.3 Å². The maximum absolute atomic E-state index is 15.7. The molecule has 726 valence electrons. The Hall–Kier alpha value is -14.0. The van der Waals surface area contributed by atoms with Crippen molar-refractivity contribution in [3.8, 4) is 5.75 Å². The van der Waals surface area contributed by atoms with Crippen LogP contribution < -0.4 is 59.3 Å². The van der Waals surface area contributed by atoms with E-state index in [0.29, 0.717) is 57.9 Å². The van der Waals surface area contributed by atoms with E-state index in [9.17, 15) is 73.1 Å². The molecule has 1 aromatic heterocycles. The number of phenols is 1. The van der Waals surface area contributed by atoms with Crippen LogP contribution in [0.5, 0.6) is 5.75 Å². The predicted molar refractivity (Wildman–Crippen MR) is 478 cm³/mol. The van der Waals surface area contributed by atoms with Crippen molar-refractivity contribution in [2.45, 2.75) is 201 Å². The highest BCUT2D eigenvalue weighted by molar-refractivity contribution is 8.00. The molecule has 4 heterocycles. The summed E-state index contributed by atoms with van der Waals surface area (Å²) < 4.78 is 45.1. The number of primary amides is 2. The zero-order valence-electron chi connectivity index (χ0n) is 74.8. The van der Waals surface area contributed by atoms with Crippen molar-refractivity contribution in [3.05, 3.63) is 173 Å². The minimum absolute atomic E-state index is 0.169. The van der Waals surface area contributed by atoms with Crippen molar-refractivity contribution < 1.29 is 125 Å². The maximum Gasteiger partial charge on any atom is 0.305 e. The van der Waals surface area contributed by atoms with Gasteiger partial charge in [-0.1, -0.05) is 125 Å². The normalized spacial score (nSPS) is 24.4. The molecule has 44 heteroatoms. The molecule has 40 nitrogen and oxygen atoms in total. The number of carboxylic acid groups (broad SMARTS) is 2. The number of hydrogen-bond acceptors (Lipinski definition) is 22. The van der Waals surface area contributed by atoms with E-state index in [1.54, 1.807) is 91.9 Å². The lowest BCUT2D eigenvalue weighted by molar-refractivity contribution is -0.152. The Bertz CT molecular complexity index is 5330. The van der Waals surface area contributed by atoms with Gasteiger partial charge in [0, 0.05) is 108 Å². The number of H-pyrrole nitrogens is 1. The van der Waals surface area contributed by atoms with Gasteiger partial charge in [0.15, 0.2) is 17.5 Å². The number of aromatic nitrogens is 1. The molecular formula is C91H112F3N17O23S. The fraction of sp³-hybridized carbons (Fsp3) is 0.451. The SMILES string of the molecule is CCCC[C@H]1C(=O)N2C[C@H](O)C[C@@H]2C(=O)N[C@@H](CC(=O)O)C(=O)N[C@@H](C(C)C)C(=O)N(C)[C@@H](Cc2ccccc2)C(=O)N[C@@H](CC(N)=O)C(=O)N2C[C@H](O)C[C@@H]2C(=O)N[C@@H](Cc2c[nH]c3ccccc23)C(=O)N[C@@H](Cc2ccc(O)cc2)C(=O)N[C@@H](CCC(=O)O)C(=O)N[C@H](C(=O)NCC(N)=O)CSCC(=O)N[C@@H](Cc2cc(F)c(F)c(F)c2)C(=O)N(C)[C@@H](Cc2ccccc2)C(=O)N1C. The Labute approximate surface area is 777 Å². The van der Waals surface area contributed by atoms with Gasteiger partial charge in [0.25, 0.3) is 0 Å². The summed E-state index contributed by atoms with van der Waals surface area (Å²) in [6, 6.07) is 5.06. The summed E-state index contributed by atoms with van der Waals surface area (Å²) in [4.78, 5) is 270. The molecule has 0 aliphatic carbocycles. The van der Waals surface area contributed by atoms with E-state index in [1.807, 2.05) is 0 Å². The maximum atomic E-state index is 15.7. The van der Waals surface area contributed by atoms with E-state index in [2.05, 4.69) is 52.8 Å². The Balaban J connectivity index is 1.15. The average Bonchev–Trinajstić information content (AvgIpc) is 1.69. The lowest BCUT2D eigenvalue weighted by atomic mass is 9.98. The number of phenolic OH excluding ortho intramolecular Hbond substituents is 1. The van der Waals surface area contributed by atoms with Crippen molar-refractivity contribution in [1.29, 1.82) is 0 Å². The van der Waals surface area contributed by atoms with Gasteiger partial charge in [-0.25, -0.2) is 13.2 Å². The van der Waals surface area contributed by atoms with Crippen LogP contribution in [0, 0.1) is 23.4 Å². The highest BCUT2D eigenvalue weighted by Gasteiger charge is 2.49. The Morgan fingerprint density at radius 2 is 1.00 bits per heavy atom. The topological polar surface area (TPSA) is 601 Å². The number of rotatable bonds is 24. The first-order valence-corrected chi connectivity index (χ1v) is 44.8. The van der Waals surface area contributed by atoms with E-state index < -0.39 is 315 Å². The second-order valence-corrected chi connectivity index (χ2v) is 34.9. The number of carboxylic acids is 2. The number of halogens is 3. The molecule has 5 aromatic carbocycles. The van der Waals surface area contributed by atoms with Gasteiger partial charge in [0.05, 0.1) is 37.3 Å². The molecule has 9 rings (SSSR count). The van der Waals surface area contributed by atoms with Crippen molar-refractivity contribution >= 4 is 129 Å². The van der Waals surface area contributed by atoms with Crippen LogP contribution in [0.1, 0.15) is 106 Å². The number of thioether (sulfide) groups is 1. The molecule has 0 spiro atoms. The molecule has 135 heavy (non-hydrogen) atoms. The molecule has 19 N–H and O–H groups in total. The van der Waals surface area contributed by atoms with Gasteiger partial charge in [-0.3, -0.25) is 86.3 Å². The number of aliphatic carboxylic acids is 2. The lowest BCUT2D eigenvalue weighted by Crippen LogP contribution is -2.62. The number of nitrogens with one attached hydrogen (secondary N) is 10. The van der Waals surface area contributed by atoms with Gasteiger partial charge < -0.3 is 114 Å². The van der Waals surface area contributed by atoms with Crippen LogP contribution in [-0.4, -0.2) is 305 Å². The molecule has 0 unspecified atom stereocenters. The van der Waals surface area contributed by atoms with E-state index in [0.717, 1.165) is 38.6 Å². The number of fused-ring (bicyclic) bond motifs is 3. The molecule has 15 atom stereocenters. The van der Waals surface area contributed by atoms with Gasteiger partial charge in [0.2, 0.25) is 94.5 Å². The third-order valence-electron chi connectivity index (χ3n) is 23.4. The van der Waals surface area contributed by atoms with Crippen molar-refractivity contribution in [3.63, 3.8) is 0 Å². The molecule has 6 aromatic rings. The van der Waals surface area contributed by atoms with Crippen molar-refractivity contribution in [2.24, 2.45) is 17.4 Å². The first kappa shape index (κ1) is 105. The van der Waals surface area contributed by atoms with Crippen LogP contribution in [0.2, 0.25) is 0 Å². The van der Waals surface area contributed by atoms with Crippen LogP contribution in [0.3, 0.4) is 0 Å². The summed E-state index contributed by atoms with van der Waals surface area (Å²) in [6.45, 7) is 2.54. The summed E-state index contributed by atoms with van der Waals surface area (Å²) in [6.07, 6.45) is -8.58. The number of benzene rings is 5. The largest absolute Gasteiger partial charge is 0.508 e. The number of aliphatic hydroxyl groups is 2. The van der Waals surface area contributed by atoms with E-state index in [1.165, 1.54) is 51.4 Å². The summed E-state index contributed by atoms with van der Waals surface area (Å²) in [7, 11) is 3.47. The lowest BCUT2D eigenvalue weighted by Gasteiger charge is -2.38. The Kier molecular flexibility index (Phi) is 37.7. The van der Waals surface area contributed by atoms with Crippen LogP contribution >= 0.6 is 11.8 Å². The van der Waals surface area contributed by atoms with Gasteiger partial charge in [0.1, 0.15) is 84.3 Å². The predicted octanol–water partition coefficient (Wildman–Crippen LogP) is -1.50. The molecule has 0 radical (unpaired) electrons. The summed E-state index contributed by atoms with van der Waals surface area (Å²) >= 11 is 0.552. The number of carbonyl (C=O) groups is 18. The molecule has 0 saturated carbocycles. The van der Waals surface area contributed by atoms with E-state index in [4.69, 9.17) is 11.5 Å². The van der Waals surface area contributed by atoms with E-state index >= 15 is 51.9 Å². The molecule has 3 saturated heterocycles. The van der Waals surface area contributed by atoms with Gasteiger partial charge >= 0.3 is 11.9 Å². The zero-order chi connectivity index (χ0) is 98.9. The Morgan fingerprint density at radius 1 is 0.496 bits per heavy atom. The molecule has 0 bridgehead atoms. The fourth-order valence-electron chi connectivity index (χ4n) is 16.2. The van der Waals surface area contributed by atoms with Gasteiger partial charge in [-0.05, 0) is 76.9 Å². The molecule has 3 aliphatic heterocycles. The molecule has 3 fully saturated rings. The van der Waals surface area contributed by atoms with Crippen LogP contribution in [0.15, 0.2) is 128 Å². The number of carbonyl (C=O) groups excluding carboxylic acids is 16. The minimum Gasteiger partial charge on any atom is -0.508 e. The highest BCUT2D eigenvalue weighted by atomic mass is 32.2.